The van der Waals surface area contributed by atoms with Gasteiger partial charge in [0.15, 0.2) is 0 Å². The molecule has 0 aromatic heterocycles. The highest BCUT2D eigenvalue weighted by Gasteiger charge is 2.12. The molecular weight excluding hydrogens is 364 g/mol. The predicted octanol–water partition coefficient (Wildman–Crippen LogP) is 5.45. The van der Waals surface area contributed by atoms with Gasteiger partial charge in [0.1, 0.15) is 11.5 Å². The van der Waals surface area contributed by atoms with Gasteiger partial charge in [-0.15, -0.1) is 5.73 Å². The molecule has 0 aliphatic carbocycles. The fraction of sp³-hybridized carbons (Fsp3) is 0.400. The van der Waals surface area contributed by atoms with E-state index in [4.69, 9.17) is 4.74 Å². The number of phenols is 1. The number of rotatable bonds is 9. The van der Waals surface area contributed by atoms with E-state index in [-0.39, 0.29) is 5.75 Å². The lowest BCUT2D eigenvalue weighted by molar-refractivity contribution is 0.177. The molecule has 0 aliphatic rings. The van der Waals surface area contributed by atoms with Crippen molar-refractivity contribution in [3.05, 3.63) is 76.0 Å². The van der Waals surface area contributed by atoms with Gasteiger partial charge in [-0.25, -0.2) is 0 Å². The zero-order valence-corrected chi connectivity index (χ0v) is 17.8. The lowest BCUT2D eigenvalue weighted by Gasteiger charge is -2.13. The Hall–Kier alpha value is -2.52. The Morgan fingerprint density at radius 3 is 2.21 bits per heavy atom. The first kappa shape index (κ1) is 22.8. The van der Waals surface area contributed by atoms with Crippen LogP contribution in [0.3, 0.4) is 0 Å². The summed E-state index contributed by atoms with van der Waals surface area (Å²) >= 11 is 0. The summed E-state index contributed by atoms with van der Waals surface area (Å²) in [5.41, 5.74) is 7.45. The Balaban J connectivity index is 2.09. The highest BCUT2D eigenvalue weighted by atomic mass is 16.5. The molecule has 2 aromatic carbocycles. The van der Waals surface area contributed by atoms with Gasteiger partial charge in [-0.1, -0.05) is 25.5 Å². The zero-order valence-electron chi connectivity index (χ0n) is 17.8. The Morgan fingerprint density at radius 1 is 1.03 bits per heavy atom. The van der Waals surface area contributed by atoms with E-state index in [0.29, 0.717) is 12.8 Å². The van der Waals surface area contributed by atoms with Crippen molar-refractivity contribution in [3.63, 3.8) is 0 Å². The summed E-state index contributed by atoms with van der Waals surface area (Å²) in [6, 6.07) is 11.0. The largest absolute Gasteiger partial charge is 0.507 e. The van der Waals surface area contributed by atoms with E-state index in [1.165, 1.54) is 0 Å². The van der Waals surface area contributed by atoms with Crippen molar-refractivity contribution in [2.45, 2.75) is 58.7 Å². The lowest BCUT2D eigenvalue weighted by Crippen LogP contribution is -2.00. The first-order valence-electron chi connectivity index (χ1n) is 10.1. The van der Waals surface area contributed by atoms with Gasteiger partial charge < -0.3 is 20.1 Å². The van der Waals surface area contributed by atoms with E-state index in [9.17, 15) is 15.3 Å². The molecular formula is C25H32O4. The monoisotopic (exact) mass is 396 g/mol. The number of benzene rings is 2. The average molecular weight is 397 g/mol. The third kappa shape index (κ3) is 6.50. The summed E-state index contributed by atoms with van der Waals surface area (Å²) in [5.74, 6) is 1.04. The molecule has 0 saturated heterocycles. The third-order valence-electron chi connectivity index (χ3n) is 5.04. The molecule has 0 saturated carbocycles. The quantitative estimate of drug-likeness (QED) is 0.493. The second kappa shape index (κ2) is 10.9. The first-order valence-corrected chi connectivity index (χ1v) is 10.1. The van der Waals surface area contributed by atoms with Crippen LogP contribution in [-0.4, -0.2) is 22.4 Å². The van der Waals surface area contributed by atoms with Gasteiger partial charge >= 0.3 is 0 Å². The van der Waals surface area contributed by atoms with E-state index in [2.05, 4.69) is 12.7 Å². The molecule has 29 heavy (non-hydrogen) atoms. The van der Waals surface area contributed by atoms with Gasteiger partial charge in [-0.3, -0.25) is 0 Å². The molecule has 0 aliphatic heterocycles. The van der Waals surface area contributed by atoms with Crippen molar-refractivity contribution in [1.29, 1.82) is 0 Å². The minimum Gasteiger partial charge on any atom is -0.507 e. The molecule has 0 fully saturated rings. The van der Waals surface area contributed by atoms with Gasteiger partial charge in [-0.2, -0.15) is 0 Å². The van der Waals surface area contributed by atoms with Gasteiger partial charge in [0.05, 0.1) is 19.3 Å². The smallest absolute Gasteiger partial charge is 0.121 e. The van der Waals surface area contributed by atoms with Crippen molar-refractivity contribution in [3.8, 4) is 11.5 Å². The van der Waals surface area contributed by atoms with Crippen molar-refractivity contribution in [1.82, 2.24) is 0 Å². The number of aromatic hydroxyl groups is 1. The van der Waals surface area contributed by atoms with Crippen molar-refractivity contribution in [2.75, 3.05) is 7.11 Å². The molecule has 0 bridgehead atoms. The summed E-state index contributed by atoms with van der Waals surface area (Å²) < 4.78 is 5.16. The molecule has 4 nitrogen and oxygen atoms in total. The van der Waals surface area contributed by atoms with Crippen LogP contribution in [0.4, 0.5) is 0 Å². The van der Waals surface area contributed by atoms with Crippen molar-refractivity contribution >= 4 is 0 Å². The maximum atomic E-state index is 10.6. The molecule has 2 atom stereocenters. The highest BCUT2D eigenvalue weighted by Crippen LogP contribution is 2.28. The molecule has 3 N–H and O–H groups in total. The van der Waals surface area contributed by atoms with E-state index < -0.39 is 12.2 Å². The standard InChI is InChI=1S/C25H32O4/c1-5-7-19(16-24(27)20-10-12-22(29-4)13-11-20)8-6-9-23(26)21-14-17(2)25(28)18(3)15-21/h6,10-15,23-24,26-28H,5,7,9,16H2,1-4H3/t8?,23-,24-/m1/s1. The molecule has 2 rings (SSSR count). The number of aryl methyl sites for hydroxylation is 2. The number of ether oxygens (including phenoxy) is 1. The zero-order chi connectivity index (χ0) is 21.4. The number of phenolic OH excluding ortho intramolecular Hbond substituents is 1. The average Bonchev–Trinajstić information content (AvgIpc) is 2.71. The summed E-state index contributed by atoms with van der Waals surface area (Å²) in [6.07, 6.45) is 3.32. The molecule has 0 heterocycles. The lowest BCUT2D eigenvalue weighted by atomic mass is 9.98. The topological polar surface area (TPSA) is 69.9 Å². The molecule has 0 spiro atoms. The van der Waals surface area contributed by atoms with Gasteiger partial charge in [-0.05, 0) is 78.4 Å². The predicted molar refractivity (Wildman–Crippen MR) is 116 cm³/mol. The summed E-state index contributed by atoms with van der Waals surface area (Å²) in [7, 11) is 1.62. The molecule has 2 aromatic rings. The number of aliphatic hydroxyl groups is 2. The SMILES string of the molecule is CCCC(=C=CC[C@@H](O)c1cc(C)c(O)c(C)c1)C[C@@H](O)c1ccc(OC)cc1. The minimum atomic E-state index is -0.658. The first-order chi connectivity index (χ1) is 13.8. The van der Waals surface area contributed by atoms with Crippen LogP contribution in [0.1, 0.15) is 67.1 Å². The van der Waals surface area contributed by atoms with Crippen LogP contribution in [0.25, 0.3) is 0 Å². The number of methoxy groups -OCH3 is 1. The number of hydrogen-bond acceptors (Lipinski definition) is 4. The van der Waals surface area contributed by atoms with Crippen LogP contribution in [0.5, 0.6) is 11.5 Å². The van der Waals surface area contributed by atoms with E-state index in [0.717, 1.165) is 46.4 Å². The van der Waals surface area contributed by atoms with Crippen molar-refractivity contribution in [2.24, 2.45) is 0 Å². The minimum absolute atomic E-state index is 0.272. The molecule has 156 valence electrons. The molecule has 4 heteroatoms. The Morgan fingerprint density at radius 2 is 1.66 bits per heavy atom. The molecule has 0 unspecified atom stereocenters. The Labute approximate surface area is 173 Å². The van der Waals surface area contributed by atoms with E-state index in [1.807, 2.05) is 56.3 Å². The summed E-state index contributed by atoms with van der Waals surface area (Å²) in [5, 5.41) is 30.9. The van der Waals surface area contributed by atoms with Gasteiger partial charge in [0.25, 0.3) is 0 Å². The maximum absolute atomic E-state index is 10.6. The normalized spacial score (nSPS) is 12.8. The Bertz CT molecular complexity index is 838. The van der Waals surface area contributed by atoms with E-state index >= 15 is 0 Å². The molecule has 0 amide bonds. The number of hydrogen-bond donors (Lipinski definition) is 3. The van der Waals surface area contributed by atoms with Crippen LogP contribution >= 0.6 is 0 Å². The van der Waals surface area contributed by atoms with Gasteiger partial charge in [0, 0.05) is 12.8 Å². The molecule has 0 radical (unpaired) electrons. The van der Waals surface area contributed by atoms with Crippen LogP contribution < -0.4 is 4.74 Å². The van der Waals surface area contributed by atoms with Crippen LogP contribution in [0, 0.1) is 13.8 Å². The fourth-order valence-electron chi connectivity index (χ4n) is 3.34. The highest BCUT2D eigenvalue weighted by molar-refractivity contribution is 5.42. The second-order valence-corrected chi connectivity index (χ2v) is 7.45. The van der Waals surface area contributed by atoms with Crippen molar-refractivity contribution < 1.29 is 20.1 Å². The Kier molecular flexibility index (Phi) is 8.53. The summed E-state index contributed by atoms with van der Waals surface area (Å²) in [6.45, 7) is 5.75. The van der Waals surface area contributed by atoms with Crippen LogP contribution in [-0.2, 0) is 0 Å². The third-order valence-corrected chi connectivity index (χ3v) is 5.04. The van der Waals surface area contributed by atoms with Gasteiger partial charge in [0.2, 0.25) is 0 Å². The fourth-order valence-corrected chi connectivity index (χ4v) is 3.34. The van der Waals surface area contributed by atoms with E-state index in [1.54, 1.807) is 7.11 Å². The number of aliphatic hydroxyl groups excluding tert-OH is 2. The van der Waals surface area contributed by atoms with Crippen LogP contribution in [0.15, 0.2) is 53.8 Å². The van der Waals surface area contributed by atoms with Crippen LogP contribution in [0.2, 0.25) is 0 Å². The second-order valence-electron chi connectivity index (χ2n) is 7.45. The maximum Gasteiger partial charge on any atom is 0.121 e. The summed E-state index contributed by atoms with van der Waals surface area (Å²) in [4.78, 5) is 0.